The van der Waals surface area contributed by atoms with Crippen molar-refractivity contribution in [3.05, 3.63) is 60.2 Å². The van der Waals surface area contributed by atoms with Gasteiger partial charge in [0.2, 0.25) is 0 Å². The lowest BCUT2D eigenvalue weighted by Crippen LogP contribution is -2.33. The fraction of sp³-hybridized carbons (Fsp3) is 0.250. The Hall–Kier alpha value is -2.47. The summed E-state index contributed by atoms with van der Waals surface area (Å²) >= 11 is 0. The van der Waals surface area contributed by atoms with Gasteiger partial charge in [0.05, 0.1) is 0 Å². The Labute approximate surface area is 127 Å². The summed E-state index contributed by atoms with van der Waals surface area (Å²) < 4.78 is 15.5. The number of halogens is 1. The summed E-state index contributed by atoms with van der Waals surface area (Å²) in [6.45, 7) is 0.0655. The molecule has 0 radical (unpaired) electrons. The molecule has 1 aromatic heterocycles. The zero-order valence-electron chi connectivity index (χ0n) is 11.8. The minimum absolute atomic E-state index is 0.0655. The molecule has 22 heavy (non-hydrogen) atoms. The standard InChI is InChI=1S/C16H16FN3O2/c17-14-9-12(3-5-15(14)20-7-1-6-18-20)16(22)19-13-4-2-11(8-13)10-21/h1-7,9,11,13,21H,8,10H2,(H,19,22)/t11-,13+/m0/s1. The van der Waals surface area contributed by atoms with Crippen molar-refractivity contribution >= 4 is 5.91 Å². The van der Waals surface area contributed by atoms with Gasteiger partial charge in [-0.1, -0.05) is 12.2 Å². The second-order valence-corrected chi connectivity index (χ2v) is 5.26. The summed E-state index contributed by atoms with van der Waals surface area (Å²) in [5.41, 5.74) is 0.553. The number of aromatic nitrogens is 2. The monoisotopic (exact) mass is 301 g/mol. The third-order valence-electron chi connectivity index (χ3n) is 3.68. The van der Waals surface area contributed by atoms with Crippen molar-refractivity contribution in [2.24, 2.45) is 5.92 Å². The van der Waals surface area contributed by atoms with Crippen LogP contribution in [0.25, 0.3) is 5.69 Å². The number of rotatable bonds is 4. The van der Waals surface area contributed by atoms with Crippen LogP contribution in [0.15, 0.2) is 48.8 Å². The fourth-order valence-corrected chi connectivity index (χ4v) is 2.51. The van der Waals surface area contributed by atoms with Gasteiger partial charge in [-0.05, 0) is 30.7 Å². The fourth-order valence-electron chi connectivity index (χ4n) is 2.51. The summed E-state index contributed by atoms with van der Waals surface area (Å²) in [4.78, 5) is 12.1. The van der Waals surface area contributed by atoms with Crippen LogP contribution in [0.3, 0.4) is 0 Å². The predicted octanol–water partition coefficient (Wildman–Crippen LogP) is 1.68. The van der Waals surface area contributed by atoms with Crippen LogP contribution < -0.4 is 5.32 Å². The van der Waals surface area contributed by atoms with Crippen molar-refractivity contribution in [2.75, 3.05) is 6.61 Å². The lowest BCUT2D eigenvalue weighted by molar-refractivity contribution is 0.0940. The molecule has 2 aromatic rings. The summed E-state index contributed by atoms with van der Waals surface area (Å²) in [5, 5.41) is 15.9. The van der Waals surface area contributed by atoms with E-state index in [2.05, 4.69) is 10.4 Å². The number of amides is 1. The number of benzene rings is 1. The van der Waals surface area contributed by atoms with E-state index < -0.39 is 5.82 Å². The Morgan fingerprint density at radius 1 is 1.45 bits per heavy atom. The normalized spacial score (nSPS) is 20.3. The first-order valence-corrected chi connectivity index (χ1v) is 7.07. The van der Waals surface area contributed by atoms with E-state index in [-0.39, 0.29) is 30.0 Å². The average molecular weight is 301 g/mol. The number of aliphatic hydroxyl groups is 1. The van der Waals surface area contributed by atoms with E-state index >= 15 is 0 Å². The number of nitrogens with one attached hydrogen (secondary N) is 1. The first-order chi connectivity index (χ1) is 10.7. The molecule has 0 spiro atoms. The van der Waals surface area contributed by atoms with Gasteiger partial charge in [-0.2, -0.15) is 5.10 Å². The van der Waals surface area contributed by atoms with Gasteiger partial charge in [-0.15, -0.1) is 0 Å². The van der Waals surface area contributed by atoms with Gasteiger partial charge in [0.25, 0.3) is 5.91 Å². The van der Waals surface area contributed by atoms with Crippen LogP contribution in [-0.2, 0) is 0 Å². The highest BCUT2D eigenvalue weighted by atomic mass is 19.1. The smallest absolute Gasteiger partial charge is 0.251 e. The van der Waals surface area contributed by atoms with Crippen LogP contribution in [0.5, 0.6) is 0 Å². The van der Waals surface area contributed by atoms with Crippen molar-refractivity contribution in [2.45, 2.75) is 12.5 Å². The molecule has 1 aromatic carbocycles. The first kappa shape index (κ1) is 14.5. The summed E-state index contributed by atoms with van der Waals surface area (Å²) in [6.07, 6.45) is 7.59. The van der Waals surface area contributed by atoms with Gasteiger partial charge >= 0.3 is 0 Å². The van der Waals surface area contributed by atoms with Crippen molar-refractivity contribution in [1.82, 2.24) is 15.1 Å². The Kier molecular flexibility index (Phi) is 4.02. The molecule has 2 atom stereocenters. The molecule has 5 nitrogen and oxygen atoms in total. The van der Waals surface area contributed by atoms with E-state index in [9.17, 15) is 9.18 Å². The number of aliphatic hydroxyl groups excluding tert-OH is 1. The maximum absolute atomic E-state index is 14.1. The van der Waals surface area contributed by atoms with Gasteiger partial charge < -0.3 is 10.4 Å². The highest BCUT2D eigenvalue weighted by Gasteiger charge is 2.20. The summed E-state index contributed by atoms with van der Waals surface area (Å²) in [7, 11) is 0. The molecule has 6 heteroatoms. The third kappa shape index (κ3) is 2.92. The second-order valence-electron chi connectivity index (χ2n) is 5.26. The quantitative estimate of drug-likeness (QED) is 0.844. The summed E-state index contributed by atoms with van der Waals surface area (Å²) in [5.74, 6) is -0.769. The maximum Gasteiger partial charge on any atom is 0.251 e. The predicted molar refractivity (Wildman–Crippen MR) is 79.1 cm³/mol. The van der Waals surface area contributed by atoms with Crippen LogP contribution in [0.2, 0.25) is 0 Å². The molecule has 114 valence electrons. The highest BCUT2D eigenvalue weighted by molar-refractivity contribution is 5.94. The zero-order valence-corrected chi connectivity index (χ0v) is 11.8. The molecule has 2 N–H and O–H groups in total. The number of hydrogen-bond acceptors (Lipinski definition) is 3. The topological polar surface area (TPSA) is 67.2 Å². The average Bonchev–Trinajstić information content (AvgIpc) is 3.18. The van der Waals surface area contributed by atoms with E-state index in [1.54, 1.807) is 24.5 Å². The van der Waals surface area contributed by atoms with Crippen LogP contribution in [-0.4, -0.2) is 33.4 Å². The number of carbonyl (C=O) groups is 1. The first-order valence-electron chi connectivity index (χ1n) is 7.07. The molecule has 1 aliphatic rings. The molecule has 0 saturated carbocycles. The maximum atomic E-state index is 14.1. The lowest BCUT2D eigenvalue weighted by atomic mass is 10.1. The van der Waals surface area contributed by atoms with E-state index in [4.69, 9.17) is 5.11 Å². The van der Waals surface area contributed by atoms with Crippen molar-refractivity contribution in [3.63, 3.8) is 0 Å². The van der Waals surface area contributed by atoms with Gasteiger partial charge in [0.15, 0.2) is 0 Å². The van der Waals surface area contributed by atoms with E-state index in [1.165, 1.54) is 16.8 Å². The Balaban J connectivity index is 1.71. The summed E-state index contributed by atoms with van der Waals surface area (Å²) in [6, 6.07) is 5.87. The highest BCUT2D eigenvalue weighted by Crippen LogP contribution is 2.18. The van der Waals surface area contributed by atoms with Crippen molar-refractivity contribution < 1.29 is 14.3 Å². The number of hydrogen-bond donors (Lipinski definition) is 2. The third-order valence-corrected chi connectivity index (χ3v) is 3.68. The molecule has 0 bridgehead atoms. The molecular formula is C16H16FN3O2. The SMILES string of the molecule is O=C(N[C@@H]1C=C[C@H](CO)C1)c1ccc(-n2cccn2)c(F)c1. The minimum atomic E-state index is -0.508. The van der Waals surface area contributed by atoms with Crippen LogP contribution in [0.4, 0.5) is 4.39 Å². The molecule has 3 rings (SSSR count). The van der Waals surface area contributed by atoms with Crippen LogP contribution in [0, 0.1) is 11.7 Å². The van der Waals surface area contributed by atoms with Gasteiger partial charge in [0, 0.05) is 36.5 Å². The largest absolute Gasteiger partial charge is 0.396 e. The molecule has 0 saturated heterocycles. The van der Waals surface area contributed by atoms with Crippen LogP contribution in [0.1, 0.15) is 16.8 Å². The Morgan fingerprint density at radius 2 is 2.32 bits per heavy atom. The van der Waals surface area contributed by atoms with Gasteiger partial charge in [-0.3, -0.25) is 4.79 Å². The molecule has 0 aliphatic heterocycles. The molecule has 0 fully saturated rings. The van der Waals surface area contributed by atoms with Crippen molar-refractivity contribution in [3.8, 4) is 5.69 Å². The number of carbonyl (C=O) groups excluding carboxylic acids is 1. The Morgan fingerprint density at radius 3 is 2.95 bits per heavy atom. The molecule has 1 amide bonds. The molecule has 1 aliphatic carbocycles. The minimum Gasteiger partial charge on any atom is -0.396 e. The van der Waals surface area contributed by atoms with E-state index in [0.717, 1.165) is 0 Å². The van der Waals surface area contributed by atoms with Gasteiger partial charge in [-0.25, -0.2) is 9.07 Å². The molecule has 1 heterocycles. The zero-order chi connectivity index (χ0) is 15.5. The second kappa shape index (κ2) is 6.11. The van der Waals surface area contributed by atoms with Crippen molar-refractivity contribution in [1.29, 1.82) is 0 Å². The van der Waals surface area contributed by atoms with Gasteiger partial charge in [0.1, 0.15) is 11.5 Å². The molecule has 0 unspecified atom stereocenters. The van der Waals surface area contributed by atoms with E-state index in [1.807, 2.05) is 12.2 Å². The van der Waals surface area contributed by atoms with Crippen LogP contribution >= 0.6 is 0 Å². The lowest BCUT2D eigenvalue weighted by Gasteiger charge is -2.13. The Bertz CT molecular complexity index is 697. The van der Waals surface area contributed by atoms with E-state index in [0.29, 0.717) is 12.1 Å². The number of nitrogens with zero attached hydrogens (tertiary/aromatic N) is 2. The molecular weight excluding hydrogens is 285 g/mol.